The summed E-state index contributed by atoms with van der Waals surface area (Å²) in [5.41, 5.74) is -0.757. The van der Waals surface area contributed by atoms with Crippen LogP contribution in [0.1, 0.15) is 46.1 Å². The summed E-state index contributed by atoms with van der Waals surface area (Å²) in [6, 6.07) is 7.79. The van der Waals surface area contributed by atoms with Gasteiger partial charge in [0.25, 0.3) is 0 Å². The van der Waals surface area contributed by atoms with Crippen LogP contribution in [0.15, 0.2) is 42.6 Å². The topological polar surface area (TPSA) is 50.5 Å². The van der Waals surface area contributed by atoms with Crippen molar-refractivity contribution in [3.05, 3.63) is 65.1 Å². The van der Waals surface area contributed by atoms with E-state index >= 15 is 0 Å². The molecule has 0 bridgehead atoms. The molecule has 11 heteroatoms. The Balaban J connectivity index is 0.000000166. The highest BCUT2D eigenvalue weighted by Gasteiger charge is 2.43. The Morgan fingerprint density at radius 2 is 1.59 bits per heavy atom. The lowest BCUT2D eigenvalue weighted by Crippen LogP contribution is -2.17. The second kappa shape index (κ2) is 9.01. The van der Waals surface area contributed by atoms with E-state index in [0.717, 1.165) is 44.3 Å². The zero-order valence-corrected chi connectivity index (χ0v) is 18.1. The van der Waals surface area contributed by atoms with Gasteiger partial charge in [0.2, 0.25) is 5.82 Å². The molecule has 34 heavy (non-hydrogen) atoms. The van der Waals surface area contributed by atoms with E-state index in [9.17, 15) is 31.1 Å². The summed E-state index contributed by atoms with van der Waals surface area (Å²) in [7, 11) is 2.09. The number of halogens is 6. The molecule has 182 valence electrons. The number of alkyl halides is 6. The third-order valence-electron chi connectivity index (χ3n) is 6.51. The molecule has 3 heterocycles. The van der Waals surface area contributed by atoms with E-state index < -0.39 is 23.5 Å². The molecule has 1 aliphatic carbocycles. The lowest BCUT2D eigenvalue weighted by atomic mass is 9.91. The van der Waals surface area contributed by atoms with Crippen molar-refractivity contribution in [3.8, 4) is 0 Å². The first-order valence-corrected chi connectivity index (χ1v) is 10.7. The van der Waals surface area contributed by atoms with E-state index in [1.807, 2.05) is 0 Å². The van der Waals surface area contributed by atoms with Crippen molar-refractivity contribution in [3.63, 3.8) is 0 Å². The number of hydrogen-bond donors (Lipinski definition) is 0. The monoisotopic (exact) mass is 484 g/mol. The fraction of sp³-hybridized carbons (Fsp3) is 0.435. The summed E-state index contributed by atoms with van der Waals surface area (Å²) in [4.78, 5) is 12.7. The highest BCUT2D eigenvalue weighted by atomic mass is 19.4. The molecular formula is C23H22F6N4O. The molecule has 1 aliphatic heterocycles. The third kappa shape index (κ3) is 4.94. The molecule has 2 aliphatic rings. The minimum atomic E-state index is -4.42. The van der Waals surface area contributed by atoms with Gasteiger partial charge in [-0.2, -0.15) is 26.3 Å². The summed E-state index contributed by atoms with van der Waals surface area (Å²) in [5.74, 6) is 1.22. The Kier molecular flexibility index (Phi) is 6.41. The number of benzene rings is 1. The van der Waals surface area contributed by atoms with Crippen LogP contribution < -0.4 is 0 Å². The van der Waals surface area contributed by atoms with E-state index in [2.05, 4.69) is 22.1 Å². The lowest BCUT2D eigenvalue weighted by molar-refractivity contribution is -0.138. The number of carbonyl (C=O) groups is 1. The number of rotatable bonds is 2. The molecule has 1 aromatic carbocycles. The van der Waals surface area contributed by atoms with Gasteiger partial charge < -0.3 is 4.90 Å². The molecule has 0 spiro atoms. The standard InChI is InChI=1S/C15H18F3N.C8H4F3N3O/c1-19-8-11-6-10(7-12(11)9-19)13-4-2-3-5-14(13)15(16,17)18;9-8(10,11)5-1-2-14-6(3-5)12-13-7(14)4-15/h2-5,10-12H,6-9H2,1H3;1-4H/t10?,11-,12+;. The average molecular weight is 484 g/mol. The zero-order chi connectivity index (χ0) is 24.7. The predicted octanol–water partition coefficient (Wildman–Crippen LogP) is 5.32. The van der Waals surface area contributed by atoms with Crippen LogP contribution in [0, 0.1) is 11.8 Å². The number of pyridine rings is 1. The van der Waals surface area contributed by atoms with Crippen LogP contribution in [0.25, 0.3) is 5.65 Å². The maximum Gasteiger partial charge on any atom is 0.416 e. The van der Waals surface area contributed by atoms with Gasteiger partial charge in [0.15, 0.2) is 11.9 Å². The van der Waals surface area contributed by atoms with E-state index in [4.69, 9.17) is 0 Å². The zero-order valence-electron chi connectivity index (χ0n) is 18.1. The predicted molar refractivity (Wildman–Crippen MR) is 111 cm³/mol. The number of nitrogens with zero attached hydrogens (tertiary/aromatic N) is 4. The van der Waals surface area contributed by atoms with Crippen molar-refractivity contribution < 1.29 is 31.1 Å². The number of aldehydes is 1. The maximum absolute atomic E-state index is 13.0. The summed E-state index contributed by atoms with van der Waals surface area (Å²) in [5, 5.41) is 6.86. The minimum Gasteiger partial charge on any atom is -0.306 e. The summed E-state index contributed by atoms with van der Waals surface area (Å²) in [6.45, 7) is 2.07. The molecule has 2 aromatic heterocycles. The number of fused-ring (bicyclic) bond motifs is 2. The van der Waals surface area contributed by atoms with Gasteiger partial charge in [0.1, 0.15) is 0 Å². The van der Waals surface area contributed by atoms with Gasteiger partial charge in [0.05, 0.1) is 11.1 Å². The Hall–Kier alpha value is -2.95. The molecule has 3 atom stereocenters. The minimum absolute atomic E-state index is 0.00748. The van der Waals surface area contributed by atoms with Crippen LogP contribution in [-0.4, -0.2) is 45.9 Å². The normalized spacial score (nSPS) is 23.0. The molecule has 1 saturated heterocycles. The number of carbonyl (C=O) groups excluding carboxylic acids is 1. The van der Waals surface area contributed by atoms with Gasteiger partial charge in [-0.05, 0) is 61.4 Å². The van der Waals surface area contributed by atoms with Gasteiger partial charge in [-0.3, -0.25) is 9.20 Å². The smallest absolute Gasteiger partial charge is 0.306 e. The fourth-order valence-corrected chi connectivity index (χ4v) is 5.07. The quantitative estimate of drug-likeness (QED) is 0.365. The molecule has 0 amide bonds. The van der Waals surface area contributed by atoms with E-state index in [-0.39, 0.29) is 17.4 Å². The van der Waals surface area contributed by atoms with Gasteiger partial charge in [-0.15, -0.1) is 10.2 Å². The second-order valence-electron chi connectivity index (χ2n) is 8.81. The van der Waals surface area contributed by atoms with Crippen LogP contribution >= 0.6 is 0 Å². The van der Waals surface area contributed by atoms with E-state index in [1.54, 1.807) is 12.1 Å². The molecule has 2 fully saturated rings. The lowest BCUT2D eigenvalue weighted by Gasteiger charge is -2.19. The molecule has 1 saturated carbocycles. The molecule has 3 aromatic rings. The number of aromatic nitrogens is 3. The molecule has 5 rings (SSSR count). The number of likely N-dealkylation sites (tertiary alicyclic amines) is 1. The fourth-order valence-electron chi connectivity index (χ4n) is 5.07. The van der Waals surface area contributed by atoms with Crippen LogP contribution in [0.5, 0.6) is 0 Å². The first-order chi connectivity index (χ1) is 16.0. The molecule has 5 nitrogen and oxygen atoms in total. The van der Waals surface area contributed by atoms with Crippen molar-refractivity contribution in [2.45, 2.75) is 31.1 Å². The highest BCUT2D eigenvalue weighted by Crippen LogP contribution is 2.48. The van der Waals surface area contributed by atoms with Crippen molar-refractivity contribution in [1.82, 2.24) is 19.5 Å². The first kappa shape index (κ1) is 24.2. The van der Waals surface area contributed by atoms with Crippen molar-refractivity contribution >= 4 is 11.9 Å². The van der Waals surface area contributed by atoms with Gasteiger partial charge in [0, 0.05) is 19.3 Å². The summed E-state index contributed by atoms with van der Waals surface area (Å²) in [6.07, 6.45) is -5.31. The van der Waals surface area contributed by atoms with Crippen molar-refractivity contribution in [2.24, 2.45) is 11.8 Å². The van der Waals surface area contributed by atoms with Gasteiger partial charge in [-0.1, -0.05) is 18.2 Å². The van der Waals surface area contributed by atoms with Gasteiger partial charge in [-0.25, -0.2) is 0 Å². The largest absolute Gasteiger partial charge is 0.416 e. The second-order valence-corrected chi connectivity index (χ2v) is 8.81. The Morgan fingerprint density at radius 1 is 0.941 bits per heavy atom. The van der Waals surface area contributed by atoms with Crippen LogP contribution in [0.3, 0.4) is 0 Å². The van der Waals surface area contributed by atoms with Crippen LogP contribution in [0.4, 0.5) is 26.3 Å². The summed E-state index contributed by atoms with van der Waals surface area (Å²) >= 11 is 0. The molecular weight excluding hydrogens is 462 g/mol. The Bertz CT molecular complexity index is 1160. The van der Waals surface area contributed by atoms with Crippen LogP contribution in [-0.2, 0) is 12.4 Å². The molecule has 1 unspecified atom stereocenters. The number of hydrogen-bond acceptors (Lipinski definition) is 4. The first-order valence-electron chi connectivity index (χ1n) is 10.7. The molecule has 0 N–H and O–H groups in total. The molecule has 0 radical (unpaired) electrons. The highest BCUT2D eigenvalue weighted by molar-refractivity contribution is 5.70. The Morgan fingerprint density at radius 3 is 2.18 bits per heavy atom. The van der Waals surface area contributed by atoms with E-state index in [1.165, 1.54) is 16.5 Å². The van der Waals surface area contributed by atoms with Crippen molar-refractivity contribution in [2.75, 3.05) is 20.1 Å². The average Bonchev–Trinajstić information content (AvgIpc) is 3.44. The van der Waals surface area contributed by atoms with E-state index in [0.29, 0.717) is 23.7 Å². The third-order valence-corrected chi connectivity index (χ3v) is 6.51. The Labute approximate surface area is 191 Å². The SMILES string of the molecule is CN1C[C@H]2CC(c3ccccc3C(F)(F)F)C[C@H]2C1.O=Cc1nnc2cc(C(F)(F)F)ccn12. The maximum atomic E-state index is 13.0. The van der Waals surface area contributed by atoms with Gasteiger partial charge >= 0.3 is 12.4 Å². The van der Waals surface area contributed by atoms with Crippen LogP contribution in [0.2, 0.25) is 0 Å². The van der Waals surface area contributed by atoms with Crippen molar-refractivity contribution in [1.29, 1.82) is 0 Å². The summed E-state index contributed by atoms with van der Waals surface area (Å²) < 4.78 is 77.2.